The molecule has 0 saturated heterocycles. The Bertz CT molecular complexity index is 110. The molecule has 1 aliphatic carbocycles. The molecule has 0 bridgehead atoms. The van der Waals surface area contributed by atoms with Gasteiger partial charge in [0.1, 0.15) is 0 Å². The quantitative estimate of drug-likeness (QED) is 0.622. The summed E-state index contributed by atoms with van der Waals surface area (Å²) in [5, 5.41) is 0. The Morgan fingerprint density at radius 3 is 1.88 bits per heavy atom. The SMILES string of the molecule is [CH3][In]([CH3])[CH]1C=CC=C1. The summed E-state index contributed by atoms with van der Waals surface area (Å²) >= 11 is -0.993. The first-order chi connectivity index (χ1) is 3.80. The van der Waals surface area contributed by atoms with Crippen LogP contribution in [0.15, 0.2) is 24.3 Å². The Balaban J connectivity index is 2.49. The molecule has 0 saturated carbocycles. The van der Waals surface area contributed by atoms with E-state index in [9.17, 15) is 0 Å². The third-order valence-corrected chi connectivity index (χ3v) is 7.21. The fourth-order valence-electron chi connectivity index (χ4n) is 0.893. The van der Waals surface area contributed by atoms with E-state index in [1.54, 1.807) is 0 Å². The second-order valence-electron chi connectivity index (χ2n) is 2.59. The van der Waals surface area contributed by atoms with Crippen molar-refractivity contribution in [1.29, 1.82) is 0 Å². The van der Waals surface area contributed by atoms with Gasteiger partial charge in [0.2, 0.25) is 0 Å². The van der Waals surface area contributed by atoms with Crippen LogP contribution < -0.4 is 0 Å². The number of hydrogen-bond acceptors (Lipinski definition) is 0. The second kappa shape index (κ2) is 2.77. The molecule has 0 aromatic rings. The fourth-order valence-corrected chi connectivity index (χ4v) is 4.16. The molecule has 0 atom stereocenters. The van der Waals surface area contributed by atoms with Crippen LogP contribution in [0.25, 0.3) is 0 Å². The van der Waals surface area contributed by atoms with Crippen molar-refractivity contribution in [3.63, 3.8) is 0 Å². The Labute approximate surface area is 58.8 Å². The van der Waals surface area contributed by atoms with Crippen molar-refractivity contribution in [3.05, 3.63) is 24.3 Å². The van der Waals surface area contributed by atoms with Crippen molar-refractivity contribution in [2.24, 2.45) is 0 Å². The van der Waals surface area contributed by atoms with Crippen LogP contribution in [0.3, 0.4) is 0 Å². The van der Waals surface area contributed by atoms with E-state index in [0.29, 0.717) is 0 Å². The number of allylic oxidation sites excluding steroid dienone is 4. The van der Waals surface area contributed by atoms with E-state index >= 15 is 0 Å². The molecule has 8 heavy (non-hydrogen) atoms. The fraction of sp³-hybridized carbons (Fsp3) is 0.429. The average Bonchev–Trinajstić information content (AvgIpc) is 2.12. The predicted octanol–water partition coefficient (Wildman–Crippen LogP) is 2.24. The van der Waals surface area contributed by atoms with Gasteiger partial charge in [-0.3, -0.25) is 0 Å². The normalized spacial score (nSPS) is 17.8. The predicted molar refractivity (Wildman–Crippen MR) is 39.5 cm³/mol. The van der Waals surface area contributed by atoms with Gasteiger partial charge < -0.3 is 0 Å². The van der Waals surface area contributed by atoms with Crippen LogP contribution in [-0.4, -0.2) is 21.4 Å². The second-order valence-corrected chi connectivity index (χ2v) is 11.9. The van der Waals surface area contributed by atoms with Crippen LogP contribution in [0.1, 0.15) is 0 Å². The summed E-state index contributed by atoms with van der Waals surface area (Å²) in [7, 11) is 0. The monoisotopic (exact) mass is 210 g/mol. The van der Waals surface area contributed by atoms with Gasteiger partial charge in [-0.25, -0.2) is 0 Å². The maximum absolute atomic E-state index is 2.45. The molecule has 0 nitrogen and oxygen atoms in total. The molecule has 0 unspecified atom stereocenters. The summed E-state index contributed by atoms with van der Waals surface area (Å²) in [6, 6.07) is 0. The van der Waals surface area contributed by atoms with Crippen molar-refractivity contribution in [2.45, 2.75) is 13.0 Å². The van der Waals surface area contributed by atoms with Gasteiger partial charge in [-0.2, -0.15) is 0 Å². The Hall–Kier alpha value is 0.350. The minimum absolute atomic E-state index is 0.914. The van der Waals surface area contributed by atoms with E-state index in [1.165, 1.54) is 0 Å². The Morgan fingerprint density at radius 2 is 1.62 bits per heavy atom. The molecule has 1 rings (SSSR count). The van der Waals surface area contributed by atoms with Gasteiger partial charge in [-0.15, -0.1) is 0 Å². The third kappa shape index (κ3) is 1.41. The standard InChI is InChI=1S/C5H5.2CH3.In/c1-2-4-5-3-1;;;/h1-5H;2*1H3;. The molecular formula is C7H11In. The van der Waals surface area contributed by atoms with Crippen LogP contribution in [-0.2, 0) is 0 Å². The average molecular weight is 210 g/mol. The van der Waals surface area contributed by atoms with Crippen LogP contribution in [0.2, 0.25) is 13.0 Å². The summed E-state index contributed by atoms with van der Waals surface area (Å²) in [4.78, 5) is 0. The van der Waals surface area contributed by atoms with Crippen molar-refractivity contribution < 1.29 is 0 Å². The minimum atomic E-state index is -0.993. The van der Waals surface area contributed by atoms with Crippen LogP contribution >= 0.6 is 0 Å². The summed E-state index contributed by atoms with van der Waals surface area (Å²) in [6.45, 7) is 0. The molecule has 1 heteroatoms. The van der Waals surface area contributed by atoms with E-state index in [4.69, 9.17) is 0 Å². The van der Waals surface area contributed by atoms with Gasteiger partial charge >= 0.3 is 58.8 Å². The Morgan fingerprint density at radius 1 is 1.12 bits per heavy atom. The zero-order valence-corrected chi connectivity index (χ0v) is 8.76. The zero-order chi connectivity index (χ0) is 5.98. The first-order valence-electron chi connectivity index (χ1n) is 3.15. The van der Waals surface area contributed by atoms with Crippen molar-refractivity contribution in [2.75, 3.05) is 0 Å². The van der Waals surface area contributed by atoms with Crippen LogP contribution in [0.5, 0.6) is 0 Å². The molecule has 0 fully saturated rings. The zero-order valence-electron chi connectivity index (χ0n) is 5.46. The van der Waals surface area contributed by atoms with Crippen molar-refractivity contribution in [3.8, 4) is 0 Å². The molecule has 0 N–H and O–H groups in total. The number of rotatable bonds is 1. The van der Waals surface area contributed by atoms with E-state index in [-0.39, 0.29) is 0 Å². The van der Waals surface area contributed by atoms with Gasteiger partial charge in [-0.05, 0) is 0 Å². The molecular weight excluding hydrogens is 199 g/mol. The summed E-state index contributed by atoms with van der Waals surface area (Å²) < 4.78 is 5.82. The molecule has 0 radical (unpaired) electrons. The maximum atomic E-state index is 2.45. The van der Waals surface area contributed by atoms with Crippen LogP contribution in [0, 0.1) is 0 Å². The van der Waals surface area contributed by atoms with Gasteiger partial charge in [0.05, 0.1) is 0 Å². The van der Waals surface area contributed by atoms with Crippen molar-refractivity contribution >= 4 is 21.4 Å². The topological polar surface area (TPSA) is 0 Å². The first kappa shape index (κ1) is 6.47. The molecule has 0 spiro atoms. The summed E-state index contributed by atoms with van der Waals surface area (Å²) in [6.07, 6.45) is 9.00. The molecule has 42 valence electrons. The molecule has 1 aliphatic rings. The molecule has 0 aliphatic heterocycles. The molecule has 0 aromatic carbocycles. The van der Waals surface area contributed by atoms with E-state index in [1.807, 2.05) is 0 Å². The van der Waals surface area contributed by atoms with E-state index in [2.05, 4.69) is 33.7 Å². The third-order valence-electron chi connectivity index (χ3n) is 1.55. The van der Waals surface area contributed by atoms with E-state index < -0.39 is 21.4 Å². The van der Waals surface area contributed by atoms with Gasteiger partial charge in [-0.1, -0.05) is 0 Å². The summed E-state index contributed by atoms with van der Waals surface area (Å²) in [5.74, 6) is 0. The van der Waals surface area contributed by atoms with Gasteiger partial charge in [0, 0.05) is 0 Å². The summed E-state index contributed by atoms with van der Waals surface area (Å²) in [5.41, 5.74) is 0. The van der Waals surface area contributed by atoms with Gasteiger partial charge in [0.25, 0.3) is 0 Å². The Kier molecular flexibility index (Phi) is 2.24. The first-order valence-corrected chi connectivity index (χ1v) is 11.6. The van der Waals surface area contributed by atoms with Crippen molar-refractivity contribution in [1.82, 2.24) is 0 Å². The van der Waals surface area contributed by atoms with Crippen LogP contribution in [0.4, 0.5) is 0 Å². The van der Waals surface area contributed by atoms with E-state index in [0.717, 1.165) is 3.67 Å². The molecule has 0 aromatic heterocycles. The van der Waals surface area contributed by atoms with Gasteiger partial charge in [0.15, 0.2) is 0 Å². The molecule has 0 heterocycles. The molecule has 0 amide bonds. The number of hydrogen-bond donors (Lipinski definition) is 0.